The number of H-pyrrole nitrogens is 1. The number of nitrogens with zero attached hydrogens (tertiary/aromatic N) is 2. The first kappa shape index (κ1) is 19.2. The Bertz CT molecular complexity index is 1070. The molecular formula is C21H22ClN3O3S. The van der Waals surface area contributed by atoms with Gasteiger partial charge in [-0.3, -0.25) is 9.69 Å². The lowest BCUT2D eigenvalue weighted by Gasteiger charge is -2.33. The van der Waals surface area contributed by atoms with Crippen molar-refractivity contribution in [2.24, 2.45) is 5.92 Å². The van der Waals surface area contributed by atoms with Gasteiger partial charge in [-0.2, -0.15) is 0 Å². The number of aromatic nitrogens is 2. The summed E-state index contributed by atoms with van der Waals surface area (Å²) in [7, 11) is 0. The van der Waals surface area contributed by atoms with Gasteiger partial charge in [0.1, 0.15) is 10.7 Å². The normalized spacial score (nSPS) is 19.3. The molecule has 1 aromatic carbocycles. The predicted octanol–water partition coefficient (Wildman–Crippen LogP) is 3.89. The Labute approximate surface area is 177 Å². The fraction of sp³-hybridized carbons (Fsp3) is 0.429. The van der Waals surface area contributed by atoms with Gasteiger partial charge in [0.25, 0.3) is 5.56 Å². The highest BCUT2D eigenvalue weighted by atomic mass is 35.5. The summed E-state index contributed by atoms with van der Waals surface area (Å²) in [5, 5.41) is 3.21. The number of fused-ring (bicyclic) bond motifs is 1. The third-order valence-corrected chi connectivity index (χ3v) is 6.90. The first-order valence-electron chi connectivity index (χ1n) is 9.90. The van der Waals surface area contributed by atoms with Gasteiger partial charge in [0.15, 0.2) is 6.29 Å². The highest BCUT2D eigenvalue weighted by Crippen LogP contribution is 2.35. The van der Waals surface area contributed by atoms with Crippen LogP contribution in [0.2, 0.25) is 5.02 Å². The number of thiophene rings is 1. The number of halogens is 1. The van der Waals surface area contributed by atoms with Gasteiger partial charge in [-0.25, -0.2) is 4.98 Å². The van der Waals surface area contributed by atoms with Gasteiger partial charge in [0.2, 0.25) is 0 Å². The van der Waals surface area contributed by atoms with E-state index in [4.69, 9.17) is 26.1 Å². The Hall–Kier alpha value is -1.77. The van der Waals surface area contributed by atoms with E-state index in [0.717, 1.165) is 41.9 Å². The zero-order valence-corrected chi connectivity index (χ0v) is 17.5. The number of nitrogens with one attached hydrogen (secondary N) is 1. The lowest BCUT2D eigenvalue weighted by Crippen LogP contribution is -2.38. The van der Waals surface area contributed by atoms with Crippen LogP contribution in [0.4, 0.5) is 0 Å². The summed E-state index contributed by atoms with van der Waals surface area (Å²) in [6, 6.07) is 7.57. The molecule has 0 unspecified atom stereocenters. The Kier molecular flexibility index (Phi) is 5.41. The maximum absolute atomic E-state index is 12.9. The minimum Gasteiger partial charge on any atom is -0.350 e. The molecule has 4 heterocycles. The second kappa shape index (κ2) is 8.16. The molecule has 5 rings (SSSR count). The number of rotatable bonds is 4. The second-order valence-electron chi connectivity index (χ2n) is 7.55. The van der Waals surface area contributed by atoms with Crippen molar-refractivity contribution < 1.29 is 9.47 Å². The van der Waals surface area contributed by atoms with Crippen LogP contribution >= 0.6 is 22.9 Å². The molecule has 0 aliphatic carbocycles. The minimum absolute atomic E-state index is 0.0409. The quantitative estimate of drug-likeness (QED) is 0.678. The van der Waals surface area contributed by atoms with Gasteiger partial charge in [-0.15, -0.1) is 11.3 Å². The van der Waals surface area contributed by atoms with E-state index in [2.05, 4.69) is 9.88 Å². The number of ether oxygens (including phenoxy) is 2. The van der Waals surface area contributed by atoms with Crippen molar-refractivity contribution in [1.29, 1.82) is 0 Å². The van der Waals surface area contributed by atoms with Gasteiger partial charge >= 0.3 is 0 Å². The lowest BCUT2D eigenvalue weighted by atomic mass is 9.96. The lowest BCUT2D eigenvalue weighted by molar-refractivity contribution is -0.0978. The Morgan fingerprint density at radius 3 is 2.69 bits per heavy atom. The highest BCUT2D eigenvalue weighted by Gasteiger charge is 2.30. The van der Waals surface area contributed by atoms with Gasteiger partial charge in [0, 0.05) is 27.4 Å². The molecule has 152 valence electrons. The van der Waals surface area contributed by atoms with Crippen LogP contribution in [0.1, 0.15) is 18.7 Å². The second-order valence-corrected chi connectivity index (χ2v) is 8.81. The van der Waals surface area contributed by atoms with Crippen LogP contribution in [0.3, 0.4) is 0 Å². The molecule has 2 aromatic heterocycles. The highest BCUT2D eigenvalue weighted by molar-refractivity contribution is 7.17. The van der Waals surface area contributed by atoms with E-state index in [0.29, 0.717) is 41.9 Å². The summed E-state index contributed by atoms with van der Waals surface area (Å²) in [5.41, 5.74) is 1.59. The molecule has 0 spiro atoms. The molecule has 3 aromatic rings. The number of piperidine rings is 1. The molecule has 29 heavy (non-hydrogen) atoms. The van der Waals surface area contributed by atoms with E-state index in [1.807, 2.05) is 29.6 Å². The largest absolute Gasteiger partial charge is 0.350 e. The Balaban J connectivity index is 1.33. The van der Waals surface area contributed by atoms with E-state index in [1.54, 1.807) is 0 Å². The molecule has 2 aliphatic heterocycles. The van der Waals surface area contributed by atoms with Crippen molar-refractivity contribution in [3.05, 3.63) is 50.8 Å². The molecular weight excluding hydrogens is 410 g/mol. The number of benzene rings is 1. The summed E-state index contributed by atoms with van der Waals surface area (Å²) in [5.74, 6) is 1.17. The van der Waals surface area contributed by atoms with E-state index >= 15 is 0 Å². The van der Waals surface area contributed by atoms with Crippen molar-refractivity contribution >= 4 is 33.2 Å². The average Bonchev–Trinajstić information content (AvgIpc) is 3.39. The Morgan fingerprint density at radius 2 is 1.93 bits per heavy atom. The molecule has 0 saturated carbocycles. The predicted molar refractivity (Wildman–Crippen MR) is 114 cm³/mol. The summed E-state index contributed by atoms with van der Waals surface area (Å²) in [6.45, 7) is 3.94. The standard InChI is InChI=1S/C21H22ClN3O3S/c22-16-4-2-1-3-14(16)15-12-29-20-18(15)19(26)23-17(24-20)11-25-7-5-13(6-8-25)21-27-9-10-28-21/h1-4,12-13,21H,5-11H2,(H,23,24,26). The van der Waals surface area contributed by atoms with Crippen molar-refractivity contribution in [2.45, 2.75) is 25.7 Å². The fourth-order valence-corrected chi connectivity index (χ4v) is 5.39. The molecule has 2 fully saturated rings. The number of hydrogen-bond donors (Lipinski definition) is 1. The van der Waals surface area contributed by atoms with Crippen LogP contribution in [0.5, 0.6) is 0 Å². The molecule has 0 amide bonds. The van der Waals surface area contributed by atoms with Gasteiger partial charge in [0.05, 0.1) is 25.1 Å². The van der Waals surface area contributed by atoms with Crippen LogP contribution < -0.4 is 5.56 Å². The van der Waals surface area contributed by atoms with Crippen LogP contribution in [-0.4, -0.2) is 47.5 Å². The molecule has 0 bridgehead atoms. The monoisotopic (exact) mass is 431 g/mol. The molecule has 0 atom stereocenters. The molecule has 2 aliphatic rings. The number of likely N-dealkylation sites (tertiary alicyclic amines) is 1. The first-order chi connectivity index (χ1) is 14.2. The van der Waals surface area contributed by atoms with Crippen molar-refractivity contribution in [1.82, 2.24) is 14.9 Å². The summed E-state index contributed by atoms with van der Waals surface area (Å²) >= 11 is 7.82. The summed E-state index contributed by atoms with van der Waals surface area (Å²) < 4.78 is 11.3. The van der Waals surface area contributed by atoms with Crippen LogP contribution in [-0.2, 0) is 16.0 Å². The van der Waals surface area contributed by atoms with Gasteiger partial charge in [-0.05, 0) is 32.0 Å². The van der Waals surface area contributed by atoms with Crippen molar-refractivity contribution in [3.63, 3.8) is 0 Å². The molecule has 6 nitrogen and oxygen atoms in total. The van der Waals surface area contributed by atoms with Crippen LogP contribution in [0.15, 0.2) is 34.4 Å². The zero-order chi connectivity index (χ0) is 19.8. The summed E-state index contributed by atoms with van der Waals surface area (Å²) in [6.07, 6.45) is 2.03. The minimum atomic E-state index is -0.108. The Morgan fingerprint density at radius 1 is 1.17 bits per heavy atom. The maximum atomic E-state index is 12.9. The van der Waals surface area contributed by atoms with E-state index in [9.17, 15) is 4.79 Å². The van der Waals surface area contributed by atoms with Gasteiger partial charge in [-0.1, -0.05) is 29.8 Å². The molecule has 1 N–H and O–H groups in total. The topological polar surface area (TPSA) is 67.5 Å². The molecule has 8 heteroatoms. The smallest absolute Gasteiger partial charge is 0.260 e. The van der Waals surface area contributed by atoms with Gasteiger partial charge < -0.3 is 14.5 Å². The number of hydrogen-bond acceptors (Lipinski definition) is 6. The zero-order valence-electron chi connectivity index (χ0n) is 15.9. The van der Waals surface area contributed by atoms with Crippen LogP contribution in [0, 0.1) is 5.92 Å². The van der Waals surface area contributed by atoms with Crippen LogP contribution in [0.25, 0.3) is 21.3 Å². The number of aromatic amines is 1. The van der Waals surface area contributed by atoms with E-state index < -0.39 is 0 Å². The third-order valence-electron chi connectivity index (χ3n) is 5.70. The van der Waals surface area contributed by atoms with E-state index in [1.165, 1.54) is 11.3 Å². The average molecular weight is 432 g/mol. The SMILES string of the molecule is O=c1[nH]c(CN2CCC(C3OCCO3)CC2)nc2scc(-c3ccccc3Cl)c12. The third kappa shape index (κ3) is 3.85. The van der Waals surface area contributed by atoms with Crippen molar-refractivity contribution in [3.8, 4) is 11.1 Å². The molecule has 0 radical (unpaired) electrons. The first-order valence-corrected chi connectivity index (χ1v) is 11.2. The molecule has 2 saturated heterocycles. The van der Waals surface area contributed by atoms with Crippen molar-refractivity contribution in [2.75, 3.05) is 26.3 Å². The maximum Gasteiger partial charge on any atom is 0.260 e. The van der Waals surface area contributed by atoms with E-state index in [-0.39, 0.29) is 11.8 Å². The summed E-state index contributed by atoms with van der Waals surface area (Å²) in [4.78, 5) is 23.6. The fourth-order valence-electron chi connectivity index (χ4n) is 4.19.